The number of ether oxygens (including phenoxy) is 1. The van der Waals surface area contributed by atoms with Gasteiger partial charge in [0, 0.05) is 37.3 Å². The first-order chi connectivity index (χ1) is 12.1. The van der Waals surface area contributed by atoms with Crippen LogP contribution in [0.15, 0.2) is 12.1 Å². The van der Waals surface area contributed by atoms with Gasteiger partial charge in [-0.25, -0.2) is 0 Å². The highest BCUT2D eigenvalue weighted by Gasteiger charge is 2.30. The highest BCUT2D eigenvalue weighted by molar-refractivity contribution is 5.96. The van der Waals surface area contributed by atoms with Crippen molar-refractivity contribution >= 4 is 17.3 Å². The monoisotopic (exact) mass is 366 g/mol. The number of carbonyl (C=O) groups excluding carboxylic acids is 1. The Morgan fingerprint density at radius 2 is 1.69 bits per heavy atom. The lowest BCUT2D eigenvalue weighted by molar-refractivity contribution is -0.395. The van der Waals surface area contributed by atoms with E-state index in [0.29, 0.717) is 19.8 Å². The van der Waals surface area contributed by atoms with Crippen LogP contribution in [-0.2, 0) is 4.74 Å². The number of nitrogens with one attached hydrogen (secondary N) is 1. The molecule has 0 unspecified atom stereocenters. The van der Waals surface area contributed by atoms with Gasteiger partial charge in [0.1, 0.15) is 5.56 Å². The maximum atomic E-state index is 12.4. The standard InChI is InChI=1S/C16H22N4O6/c1-11-13(19(22)23)8-12(9-14(11)20(24)25)15(21)17-10-16(2,3)18-4-6-26-7-5-18/h8-9H,4-7,10H2,1-3H3,(H,17,21). The Morgan fingerprint density at radius 1 is 1.19 bits per heavy atom. The molecule has 1 fully saturated rings. The van der Waals surface area contributed by atoms with E-state index in [1.807, 2.05) is 13.8 Å². The average molecular weight is 366 g/mol. The molecular weight excluding hydrogens is 344 g/mol. The second-order valence-electron chi connectivity index (χ2n) is 6.75. The molecule has 1 amide bonds. The molecule has 0 aliphatic carbocycles. The molecule has 0 radical (unpaired) electrons. The molecule has 1 aromatic carbocycles. The number of carbonyl (C=O) groups is 1. The van der Waals surface area contributed by atoms with Crippen LogP contribution in [0.4, 0.5) is 11.4 Å². The minimum Gasteiger partial charge on any atom is -0.379 e. The van der Waals surface area contributed by atoms with Gasteiger partial charge in [-0.05, 0) is 20.8 Å². The number of nitro groups is 2. The Kier molecular flexibility index (Phi) is 5.88. The van der Waals surface area contributed by atoms with E-state index in [1.165, 1.54) is 6.92 Å². The summed E-state index contributed by atoms with van der Waals surface area (Å²) < 4.78 is 5.32. The maximum Gasteiger partial charge on any atom is 0.279 e. The van der Waals surface area contributed by atoms with Crippen molar-refractivity contribution in [2.24, 2.45) is 0 Å². The SMILES string of the molecule is Cc1c([N+](=O)[O-])cc(C(=O)NCC(C)(C)N2CCOCC2)cc1[N+](=O)[O-]. The quantitative estimate of drug-likeness (QED) is 0.599. The van der Waals surface area contributed by atoms with Crippen LogP contribution in [-0.4, -0.2) is 59.0 Å². The number of hydrogen-bond acceptors (Lipinski definition) is 7. The molecule has 1 aliphatic rings. The number of amides is 1. The van der Waals surface area contributed by atoms with Crippen LogP contribution in [0.5, 0.6) is 0 Å². The van der Waals surface area contributed by atoms with Crippen LogP contribution in [0.3, 0.4) is 0 Å². The molecule has 0 saturated carbocycles. The van der Waals surface area contributed by atoms with Crippen molar-refractivity contribution in [3.63, 3.8) is 0 Å². The Labute approximate surface area is 150 Å². The number of rotatable bonds is 6. The molecular formula is C16H22N4O6. The van der Waals surface area contributed by atoms with Crippen LogP contribution in [0.2, 0.25) is 0 Å². The smallest absolute Gasteiger partial charge is 0.279 e. The molecule has 1 heterocycles. The second kappa shape index (κ2) is 7.75. The van der Waals surface area contributed by atoms with Gasteiger partial charge in [0.15, 0.2) is 0 Å². The molecule has 0 spiro atoms. The molecule has 10 nitrogen and oxygen atoms in total. The topological polar surface area (TPSA) is 128 Å². The summed E-state index contributed by atoms with van der Waals surface area (Å²) >= 11 is 0. The molecule has 1 N–H and O–H groups in total. The van der Waals surface area contributed by atoms with Crippen LogP contribution in [0.1, 0.15) is 29.8 Å². The third-order valence-corrected chi connectivity index (χ3v) is 4.56. The normalized spacial score (nSPS) is 15.5. The van der Waals surface area contributed by atoms with Gasteiger partial charge in [-0.15, -0.1) is 0 Å². The van der Waals surface area contributed by atoms with Gasteiger partial charge in [0.05, 0.1) is 28.6 Å². The summed E-state index contributed by atoms with van der Waals surface area (Å²) in [5.41, 5.74) is -1.42. The Morgan fingerprint density at radius 3 is 2.15 bits per heavy atom. The van der Waals surface area contributed by atoms with Gasteiger partial charge in [-0.1, -0.05) is 0 Å². The summed E-state index contributed by atoms with van der Waals surface area (Å²) in [7, 11) is 0. The van der Waals surface area contributed by atoms with Gasteiger partial charge >= 0.3 is 0 Å². The largest absolute Gasteiger partial charge is 0.379 e. The van der Waals surface area contributed by atoms with Crippen molar-refractivity contribution in [2.75, 3.05) is 32.8 Å². The molecule has 1 aromatic rings. The molecule has 2 rings (SSSR count). The second-order valence-corrected chi connectivity index (χ2v) is 6.75. The van der Waals surface area contributed by atoms with E-state index < -0.39 is 27.1 Å². The zero-order valence-electron chi connectivity index (χ0n) is 15.0. The minimum absolute atomic E-state index is 0.0785. The molecule has 26 heavy (non-hydrogen) atoms. The fourth-order valence-electron chi connectivity index (χ4n) is 2.87. The van der Waals surface area contributed by atoms with E-state index in [0.717, 1.165) is 25.2 Å². The highest BCUT2D eigenvalue weighted by atomic mass is 16.6. The first-order valence-corrected chi connectivity index (χ1v) is 8.18. The Bertz CT molecular complexity index is 692. The van der Waals surface area contributed by atoms with Crippen molar-refractivity contribution in [3.8, 4) is 0 Å². The van der Waals surface area contributed by atoms with Crippen LogP contribution in [0.25, 0.3) is 0 Å². The lowest BCUT2D eigenvalue weighted by Gasteiger charge is -2.40. The summed E-state index contributed by atoms with van der Waals surface area (Å²) in [5, 5.41) is 25.0. The number of nitro benzene ring substituents is 2. The lowest BCUT2D eigenvalue weighted by atomic mass is 10.0. The van der Waals surface area contributed by atoms with Gasteiger partial charge < -0.3 is 10.1 Å². The molecule has 142 valence electrons. The number of benzene rings is 1. The first-order valence-electron chi connectivity index (χ1n) is 8.18. The molecule has 10 heteroatoms. The fraction of sp³-hybridized carbons (Fsp3) is 0.562. The van der Waals surface area contributed by atoms with E-state index in [4.69, 9.17) is 4.74 Å². The summed E-state index contributed by atoms with van der Waals surface area (Å²) in [6.07, 6.45) is 0. The van der Waals surface area contributed by atoms with E-state index in [1.54, 1.807) is 0 Å². The van der Waals surface area contributed by atoms with Crippen LogP contribution >= 0.6 is 0 Å². The Hall–Kier alpha value is -2.59. The predicted molar refractivity (Wildman–Crippen MR) is 93.3 cm³/mol. The van der Waals surface area contributed by atoms with Crippen molar-refractivity contribution in [3.05, 3.63) is 43.5 Å². The van der Waals surface area contributed by atoms with E-state index >= 15 is 0 Å². The third kappa shape index (κ3) is 4.33. The first kappa shape index (κ1) is 19.7. The van der Waals surface area contributed by atoms with Crippen LogP contribution in [0, 0.1) is 27.2 Å². The number of hydrogen-bond donors (Lipinski definition) is 1. The van der Waals surface area contributed by atoms with Crippen molar-refractivity contribution in [1.82, 2.24) is 10.2 Å². The fourth-order valence-corrected chi connectivity index (χ4v) is 2.87. The maximum absolute atomic E-state index is 12.4. The summed E-state index contributed by atoms with van der Waals surface area (Å²) in [6, 6.07) is 2.14. The van der Waals surface area contributed by atoms with E-state index in [9.17, 15) is 25.0 Å². The average Bonchev–Trinajstić information content (AvgIpc) is 2.60. The summed E-state index contributed by atoms with van der Waals surface area (Å²) in [5.74, 6) is -0.586. The molecule has 0 atom stereocenters. The van der Waals surface area contributed by atoms with E-state index in [-0.39, 0.29) is 16.7 Å². The predicted octanol–water partition coefficient (Wildman–Crippen LogP) is 1.65. The van der Waals surface area contributed by atoms with Gasteiger partial charge in [-0.2, -0.15) is 0 Å². The van der Waals surface area contributed by atoms with Gasteiger partial charge in [0.2, 0.25) is 0 Å². The highest BCUT2D eigenvalue weighted by Crippen LogP contribution is 2.29. The van der Waals surface area contributed by atoms with Crippen molar-refractivity contribution < 1.29 is 19.4 Å². The zero-order valence-corrected chi connectivity index (χ0v) is 15.0. The minimum atomic E-state index is -0.725. The van der Waals surface area contributed by atoms with Gasteiger partial charge in [-0.3, -0.25) is 29.9 Å². The van der Waals surface area contributed by atoms with Gasteiger partial charge in [0.25, 0.3) is 17.3 Å². The van der Waals surface area contributed by atoms with Crippen molar-refractivity contribution in [2.45, 2.75) is 26.3 Å². The molecule has 1 saturated heterocycles. The third-order valence-electron chi connectivity index (χ3n) is 4.56. The zero-order chi connectivity index (χ0) is 19.5. The molecule has 0 bridgehead atoms. The molecule has 0 aromatic heterocycles. The van der Waals surface area contributed by atoms with E-state index in [2.05, 4.69) is 10.2 Å². The summed E-state index contributed by atoms with van der Waals surface area (Å²) in [6.45, 7) is 8.24. The van der Waals surface area contributed by atoms with Crippen LogP contribution < -0.4 is 5.32 Å². The lowest BCUT2D eigenvalue weighted by Crippen LogP contribution is -2.55. The number of morpholine rings is 1. The molecule has 1 aliphatic heterocycles. The van der Waals surface area contributed by atoms with Crippen molar-refractivity contribution in [1.29, 1.82) is 0 Å². The Balaban J connectivity index is 2.18. The number of nitrogens with zero attached hydrogens (tertiary/aromatic N) is 3. The summed E-state index contributed by atoms with van der Waals surface area (Å²) in [4.78, 5) is 35.4.